The lowest BCUT2D eigenvalue weighted by atomic mass is 10.0. The molecular weight excluding hydrogens is 470 g/mol. The van der Waals surface area contributed by atoms with Crippen molar-refractivity contribution in [2.24, 2.45) is 11.8 Å². The third kappa shape index (κ3) is 38.4. The smallest absolute Gasteiger partial charge is 0.00489 e. The van der Waals surface area contributed by atoms with Gasteiger partial charge in [0.15, 0.2) is 0 Å². The van der Waals surface area contributed by atoms with E-state index in [9.17, 15) is 0 Å². The Labute approximate surface area is 247 Å². The molecule has 0 bridgehead atoms. The molecule has 1 aliphatic carbocycles. The van der Waals surface area contributed by atoms with Gasteiger partial charge in [-0.3, -0.25) is 0 Å². The van der Waals surface area contributed by atoms with Crippen LogP contribution in [-0.2, 0) is 0 Å². The summed E-state index contributed by atoms with van der Waals surface area (Å²) in [5, 5.41) is 3.28. The summed E-state index contributed by atoms with van der Waals surface area (Å²) in [5.41, 5.74) is 2.78. The Balaban J connectivity index is -0.000000453. The van der Waals surface area contributed by atoms with E-state index in [0.717, 1.165) is 25.2 Å². The minimum absolute atomic E-state index is 0.700. The van der Waals surface area contributed by atoms with E-state index in [1.54, 1.807) is 0 Å². The summed E-state index contributed by atoms with van der Waals surface area (Å²) in [6, 6.07) is 0. The first-order valence-corrected chi connectivity index (χ1v) is 16.2. The molecule has 2 fully saturated rings. The Kier molecular flexibility index (Phi) is 38.6. The van der Waals surface area contributed by atoms with E-state index < -0.39 is 0 Å². The minimum atomic E-state index is 0.700. The molecule has 226 valence electrons. The van der Waals surface area contributed by atoms with Crippen molar-refractivity contribution in [2.45, 2.75) is 132 Å². The SMILES string of the molecule is C1CCCCC1.C1CCNCC1.C=C/C=C\C(=C/CC)CC(C)C.C=C\C=C/C(=C\C=C/C)CC(C)C.CC. The second-order valence-corrected chi connectivity index (χ2v) is 10.8. The Morgan fingerprint density at radius 2 is 1.08 bits per heavy atom. The quantitative estimate of drug-likeness (QED) is 0.272. The topological polar surface area (TPSA) is 12.0 Å². The number of hydrogen-bond acceptors (Lipinski definition) is 1. The third-order valence-corrected chi connectivity index (χ3v) is 5.86. The van der Waals surface area contributed by atoms with Gasteiger partial charge in [-0.15, -0.1) is 0 Å². The van der Waals surface area contributed by atoms with E-state index in [2.05, 4.69) is 83.5 Å². The first kappa shape index (κ1) is 41.6. The zero-order valence-corrected chi connectivity index (χ0v) is 27.7. The van der Waals surface area contributed by atoms with Gasteiger partial charge in [-0.05, 0) is 69.5 Å². The zero-order valence-electron chi connectivity index (χ0n) is 27.7. The molecule has 0 spiro atoms. The fourth-order valence-electron chi connectivity index (χ4n) is 4.08. The van der Waals surface area contributed by atoms with E-state index in [1.165, 1.54) is 82.0 Å². The van der Waals surface area contributed by atoms with Crippen LogP contribution in [0.4, 0.5) is 0 Å². The van der Waals surface area contributed by atoms with Crippen LogP contribution >= 0.6 is 0 Å². The maximum absolute atomic E-state index is 3.66. The van der Waals surface area contributed by atoms with Crippen molar-refractivity contribution in [1.29, 1.82) is 0 Å². The molecular formula is C38H69N. The fourth-order valence-corrected chi connectivity index (χ4v) is 4.08. The average Bonchev–Trinajstić information content (AvgIpc) is 2.97. The Morgan fingerprint density at radius 1 is 0.667 bits per heavy atom. The van der Waals surface area contributed by atoms with Crippen LogP contribution in [0.5, 0.6) is 0 Å². The van der Waals surface area contributed by atoms with Crippen LogP contribution in [-0.4, -0.2) is 13.1 Å². The molecule has 0 amide bonds. The van der Waals surface area contributed by atoms with Gasteiger partial charge in [0.1, 0.15) is 0 Å². The normalized spacial score (nSPS) is 15.9. The summed E-state index contributed by atoms with van der Waals surface area (Å²) in [6.07, 6.45) is 37.1. The molecule has 0 atom stereocenters. The summed E-state index contributed by atoms with van der Waals surface area (Å²) in [7, 11) is 0. The number of allylic oxidation sites excluding steroid dienone is 12. The second-order valence-electron chi connectivity index (χ2n) is 10.8. The minimum Gasteiger partial charge on any atom is -0.317 e. The maximum Gasteiger partial charge on any atom is -0.00489 e. The largest absolute Gasteiger partial charge is 0.317 e. The molecule has 1 saturated carbocycles. The molecule has 1 nitrogen and oxygen atoms in total. The molecule has 1 saturated heterocycles. The zero-order chi connectivity index (χ0) is 30.0. The lowest BCUT2D eigenvalue weighted by Gasteiger charge is -2.08. The molecule has 0 unspecified atom stereocenters. The van der Waals surface area contributed by atoms with Gasteiger partial charge in [-0.2, -0.15) is 0 Å². The Hall–Kier alpha value is -1.86. The molecule has 0 aromatic rings. The van der Waals surface area contributed by atoms with Crippen LogP contribution < -0.4 is 5.32 Å². The van der Waals surface area contributed by atoms with Gasteiger partial charge < -0.3 is 5.32 Å². The highest BCUT2D eigenvalue weighted by Crippen LogP contribution is 2.15. The average molecular weight is 540 g/mol. The molecule has 0 radical (unpaired) electrons. The first-order valence-electron chi connectivity index (χ1n) is 16.2. The monoisotopic (exact) mass is 540 g/mol. The van der Waals surface area contributed by atoms with E-state index in [4.69, 9.17) is 0 Å². The van der Waals surface area contributed by atoms with E-state index >= 15 is 0 Å². The Morgan fingerprint density at radius 3 is 1.38 bits per heavy atom. The van der Waals surface area contributed by atoms with Crippen molar-refractivity contribution < 1.29 is 0 Å². The van der Waals surface area contributed by atoms with Crippen LogP contribution in [0, 0.1) is 11.8 Å². The summed E-state index contributed by atoms with van der Waals surface area (Å²) < 4.78 is 0. The van der Waals surface area contributed by atoms with E-state index in [-0.39, 0.29) is 0 Å². The summed E-state index contributed by atoms with van der Waals surface area (Å²) >= 11 is 0. The fraction of sp³-hybridized carbons (Fsp3) is 0.632. The van der Waals surface area contributed by atoms with Crippen molar-refractivity contribution in [1.82, 2.24) is 5.32 Å². The lowest BCUT2D eigenvalue weighted by molar-refractivity contribution is 0.504. The lowest BCUT2D eigenvalue weighted by Crippen LogP contribution is -2.21. The molecule has 0 aromatic carbocycles. The summed E-state index contributed by atoms with van der Waals surface area (Å²) in [6.45, 7) is 27.0. The summed E-state index contributed by atoms with van der Waals surface area (Å²) in [4.78, 5) is 0. The van der Waals surface area contributed by atoms with Gasteiger partial charge in [0.05, 0.1) is 0 Å². The molecule has 0 aromatic heterocycles. The van der Waals surface area contributed by atoms with Gasteiger partial charge in [-0.25, -0.2) is 0 Å². The van der Waals surface area contributed by atoms with Crippen LogP contribution in [0.25, 0.3) is 0 Å². The predicted octanol–water partition coefficient (Wildman–Crippen LogP) is 12.5. The van der Waals surface area contributed by atoms with Crippen molar-refractivity contribution >= 4 is 0 Å². The van der Waals surface area contributed by atoms with Crippen molar-refractivity contribution in [3.8, 4) is 0 Å². The van der Waals surface area contributed by atoms with Gasteiger partial charge in [0.25, 0.3) is 0 Å². The molecule has 2 rings (SSSR count). The first-order chi connectivity index (χ1) is 18.9. The number of hydrogen-bond donors (Lipinski definition) is 1. The highest BCUT2D eigenvalue weighted by atomic mass is 14.9. The molecule has 1 heterocycles. The van der Waals surface area contributed by atoms with Crippen LogP contribution in [0.3, 0.4) is 0 Å². The van der Waals surface area contributed by atoms with Crippen LogP contribution in [0.1, 0.15) is 132 Å². The summed E-state index contributed by atoms with van der Waals surface area (Å²) in [5.74, 6) is 1.43. The molecule has 1 N–H and O–H groups in total. The van der Waals surface area contributed by atoms with Gasteiger partial charge in [0, 0.05) is 0 Å². The highest BCUT2D eigenvalue weighted by Gasteiger charge is 1.97. The predicted molar refractivity (Wildman–Crippen MR) is 185 cm³/mol. The van der Waals surface area contributed by atoms with Gasteiger partial charge in [0.2, 0.25) is 0 Å². The van der Waals surface area contributed by atoms with Crippen molar-refractivity contribution in [3.05, 3.63) is 85.1 Å². The Bertz CT molecular complexity index is 611. The van der Waals surface area contributed by atoms with Gasteiger partial charge in [-0.1, -0.05) is 173 Å². The second kappa shape index (κ2) is 36.1. The molecule has 1 heteroatoms. The number of nitrogens with one attached hydrogen (secondary N) is 1. The van der Waals surface area contributed by atoms with Crippen molar-refractivity contribution in [2.75, 3.05) is 13.1 Å². The van der Waals surface area contributed by atoms with Crippen molar-refractivity contribution in [3.63, 3.8) is 0 Å². The third-order valence-electron chi connectivity index (χ3n) is 5.86. The molecule has 2 aliphatic rings. The standard InChI is InChI=1S/C13H20.C12H20.C6H12.C5H11N.C2H6/c1-5-7-9-13(10-8-6-2)11-12(3)4;1-5-7-9-12(8-6-2)10-11(3)4;2*1-2-4-6-5-3-1;1-2/h5-10,12H,1,11H2,2-4H3;5,7-9,11H,1,6,10H2,2-4H3;1-6H2;6H,1-5H2;1-2H3/b8-6-,9-7-,13-10+;9-7-,12-8+;;;. The van der Waals surface area contributed by atoms with E-state index in [1.807, 2.05) is 51.2 Å². The van der Waals surface area contributed by atoms with E-state index in [0.29, 0.717) is 5.92 Å². The number of piperidine rings is 1. The maximum atomic E-state index is 3.66. The van der Waals surface area contributed by atoms with Crippen LogP contribution in [0.15, 0.2) is 85.1 Å². The molecule has 39 heavy (non-hydrogen) atoms. The van der Waals surface area contributed by atoms with Gasteiger partial charge >= 0.3 is 0 Å². The van der Waals surface area contributed by atoms with Crippen LogP contribution in [0.2, 0.25) is 0 Å². The highest BCUT2D eigenvalue weighted by molar-refractivity contribution is 5.26. The number of rotatable bonds is 10. The molecule has 1 aliphatic heterocycles.